The van der Waals surface area contributed by atoms with Crippen LogP contribution < -0.4 is 10.2 Å². The Morgan fingerprint density at radius 3 is 2.63 bits per heavy atom. The number of nitrogens with zero attached hydrogens (tertiary/aromatic N) is 3. The quantitative estimate of drug-likeness (QED) is 0.219. The molecule has 196 valence electrons. The van der Waals surface area contributed by atoms with Crippen LogP contribution in [0.25, 0.3) is 10.2 Å². The molecule has 1 saturated heterocycles. The summed E-state index contributed by atoms with van der Waals surface area (Å²) < 4.78 is 5.51. The van der Waals surface area contributed by atoms with Crippen LogP contribution in [-0.2, 0) is 35.2 Å². The zero-order valence-electron chi connectivity index (χ0n) is 21.4. The Morgan fingerprint density at radius 1 is 0.974 bits per heavy atom. The third kappa shape index (κ3) is 5.72. The third-order valence-corrected chi connectivity index (χ3v) is 9.34. The predicted octanol–water partition coefficient (Wildman–Crippen LogP) is 5.92. The van der Waals surface area contributed by atoms with Crippen molar-refractivity contribution in [2.75, 3.05) is 42.3 Å². The molecule has 6 nitrogen and oxygen atoms in total. The van der Waals surface area contributed by atoms with Gasteiger partial charge in [-0.05, 0) is 55.4 Å². The van der Waals surface area contributed by atoms with Gasteiger partial charge in [0.15, 0.2) is 0 Å². The average Bonchev–Trinajstić information content (AvgIpc) is 3.35. The SMILES string of the molecule is O=C(CSc1nc(CCc2ccccc2)nc2sc3c(c12)CCCC3)Nc1ccccc1N1CCOCC1. The molecule has 0 spiro atoms. The number of ether oxygens (including phenoxy) is 1. The molecule has 0 atom stereocenters. The standard InChI is InChI=1S/C30H32N4O2S2/c35-27(31-23-11-5-6-12-24(23)34-16-18-36-19-17-34)20-37-29-28-22-10-4-7-13-25(22)38-30(28)33-26(32-29)15-14-21-8-2-1-3-9-21/h1-3,5-6,8-9,11-12H,4,7,10,13-20H2,(H,31,35). The first-order chi connectivity index (χ1) is 18.7. The summed E-state index contributed by atoms with van der Waals surface area (Å²) in [6, 6.07) is 18.5. The maximum absolute atomic E-state index is 13.2. The highest BCUT2D eigenvalue weighted by Crippen LogP contribution is 2.40. The number of rotatable bonds is 8. The number of thioether (sulfide) groups is 1. The van der Waals surface area contributed by atoms with Gasteiger partial charge in [0.25, 0.3) is 0 Å². The van der Waals surface area contributed by atoms with Crippen LogP contribution in [0.4, 0.5) is 11.4 Å². The summed E-state index contributed by atoms with van der Waals surface area (Å²) in [7, 11) is 0. The number of aryl methyl sites for hydroxylation is 4. The van der Waals surface area contributed by atoms with E-state index in [0.717, 1.165) is 65.8 Å². The average molecular weight is 545 g/mol. The maximum atomic E-state index is 13.2. The number of para-hydroxylation sites is 2. The topological polar surface area (TPSA) is 67.4 Å². The molecule has 2 aromatic carbocycles. The minimum Gasteiger partial charge on any atom is -0.378 e. The zero-order chi connectivity index (χ0) is 25.7. The lowest BCUT2D eigenvalue weighted by atomic mass is 9.97. The van der Waals surface area contributed by atoms with Crippen LogP contribution >= 0.6 is 23.1 Å². The van der Waals surface area contributed by atoms with E-state index >= 15 is 0 Å². The number of hydrogen-bond acceptors (Lipinski definition) is 7. The number of fused-ring (bicyclic) bond motifs is 3. The molecule has 1 amide bonds. The number of benzene rings is 2. The van der Waals surface area contributed by atoms with Gasteiger partial charge in [-0.25, -0.2) is 9.97 Å². The number of hydrogen-bond donors (Lipinski definition) is 1. The van der Waals surface area contributed by atoms with Crippen LogP contribution in [0.15, 0.2) is 59.6 Å². The molecule has 4 aromatic rings. The Bertz CT molecular complexity index is 1420. The second-order valence-corrected chi connectivity index (χ2v) is 11.8. The summed E-state index contributed by atoms with van der Waals surface area (Å²) in [5.41, 5.74) is 4.60. The van der Waals surface area contributed by atoms with Crippen molar-refractivity contribution in [3.05, 3.63) is 76.4 Å². The van der Waals surface area contributed by atoms with Crippen molar-refractivity contribution < 1.29 is 9.53 Å². The van der Waals surface area contributed by atoms with E-state index in [-0.39, 0.29) is 5.91 Å². The van der Waals surface area contributed by atoms with E-state index in [0.29, 0.717) is 19.0 Å². The van der Waals surface area contributed by atoms with Crippen molar-refractivity contribution in [1.82, 2.24) is 9.97 Å². The molecule has 1 N–H and O–H groups in total. The molecule has 3 heterocycles. The largest absolute Gasteiger partial charge is 0.378 e. The van der Waals surface area contributed by atoms with Crippen LogP contribution in [0, 0.1) is 0 Å². The summed E-state index contributed by atoms with van der Waals surface area (Å²) in [4.78, 5) is 28.0. The first-order valence-electron chi connectivity index (χ1n) is 13.4. The lowest BCUT2D eigenvalue weighted by Gasteiger charge is -2.30. The Balaban J connectivity index is 1.21. The molecule has 6 rings (SSSR count). The Hall–Kier alpha value is -2.94. The minimum atomic E-state index is -0.0163. The predicted molar refractivity (Wildman–Crippen MR) is 157 cm³/mol. The number of amides is 1. The molecule has 2 aliphatic rings. The smallest absolute Gasteiger partial charge is 0.234 e. The van der Waals surface area contributed by atoms with Gasteiger partial charge in [-0.3, -0.25) is 4.79 Å². The molecule has 0 unspecified atom stereocenters. The molecular weight excluding hydrogens is 512 g/mol. The highest BCUT2D eigenvalue weighted by atomic mass is 32.2. The molecule has 1 aliphatic heterocycles. The molecule has 38 heavy (non-hydrogen) atoms. The third-order valence-electron chi connectivity index (χ3n) is 7.18. The number of thiophene rings is 1. The van der Waals surface area contributed by atoms with Gasteiger partial charge >= 0.3 is 0 Å². The number of nitrogens with one attached hydrogen (secondary N) is 1. The maximum Gasteiger partial charge on any atom is 0.234 e. The van der Waals surface area contributed by atoms with Gasteiger partial charge in [0.1, 0.15) is 15.7 Å². The van der Waals surface area contributed by atoms with Gasteiger partial charge in [-0.2, -0.15) is 0 Å². The number of morpholine rings is 1. The van der Waals surface area contributed by atoms with E-state index in [1.807, 2.05) is 35.6 Å². The van der Waals surface area contributed by atoms with Crippen molar-refractivity contribution in [3.63, 3.8) is 0 Å². The fraction of sp³-hybridized carbons (Fsp3) is 0.367. The van der Waals surface area contributed by atoms with Crippen molar-refractivity contribution >= 4 is 50.6 Å². The van der Waals surface area contributed by atoms with E-state index < -0.39 is 0 Å². The van der Waals surface area contributed by atoms with Gasteiger partial charge in [-0.15, -0.1) is 11.3 Å². The summed E-state index contributed by atoms with van der Waals surface area (Å²) in [5, 5.41) is 5.29. The summed E-state index contributed by atoms with van der Waals surface area (Å²) in [6.07, 6.45) is 6.34. The van der Waals surface area contributed by atoms with E-state index in [1.165, 1.54) is 34.2 Å². The van der Waals surface area contributed by atoms with Crippen molar-refractivity contribution in [2.45, 2.75) is 43.6 Å². The van der Waals surface area contributed by atoms with E-state index in [4.69, 9.17) is 14.7 Å². The lowest BCUT2D eigenvalue weighted by Crippen LogP contribution is -2.36. The Kier molecular flexibility index (Phi) is 7.90. The second-order valence-electron chi connectivity index (χ2n) is 9.78. The zero-order valence-corrected chi connectivity index (χ0v) is 23.1. The lowest BCUT2D eigenvalue weighted by molar-refractivity contribution is -0.113. The molecule has 1 fully saturated rings. The highest BCUT2D eigenvalue weighted by Gasteiger charge is 2.22. The van der Waals surface area contributed by atoms with Crippen LogP contribution in [0.5, 0.6) is 0 Å². The fourth-order valence-electron chi connectivity index (χ4n) is 5.26. The molecule has 0 saturated carbocycles. The van der Waals surface area contributed by atoms with Crippen LogP contribution in [-0.4, -0.2) is 47.9 Å². The van der Waals surface area contributed by atoms with E-state index in [2.05, 4.69) is 40.5 Å². The molecule has 8 heteroatoms. The van der Waals surface area contributed by atoms with E-state index in [1.54, 1.807) is 11.8 Å². The molecule has 1 aliphatic carbocycles. The molecule has 2 aromatic heterocycles. The van der Waals surface area contributed by atoms with Gasteiger partial charge < -0.3 is 15.0 Å². The van der Waals surface area contributed by atoms with Gasteiger partial charge in [0, 0.05) is 29.8 Å². The fourth-order valence-corrected chi connectivity index (χ4v) is 7.48. The first kappa shape index (κ1) is 25.3. The van der Waals surface area contributed by atoms with Gasteiger partial charge in [0.2, 0.25) is 5.91 Å². The van der Waals surface area contributed by atoms with Gasteiger partial charge in [-0.1, -0.05) is 54.2 Å². The normalized spacial score (nSPS) is 15.4. The second kappa shape index (κ2) is 11.8. The first-order valence-corrected chi connectivity index (χ1v) is 15.2. The van der Waals surface area contributed by atoms with Crippen LogP contribution in [0.3, 0.4) is 0 Å². The summed E-state index contributed by atoms with van der Waals surface area (Å²) in [6.45, 7) is 3.07. The van der Waals surface area contributed by atoms with Gasteiger partial charge in [0.05, 0.1) is 30.3 Å². The highest BCUT2D eigenvalue weighted by molar-refractivity contribution is 8.00. The number of carbonyl (C=O) groups is 1. The van der Waals surface area contributed by atoms with Crippen LogP contribution in [0.2, 0.25) is 0 Å². The number of anilines is 2. The van der Waals surface area contributed by atoms with Crippen molar-refractivity contribution in [1.29, 1.82) is 0 Å². The Morgan fingerprint density at radius 2 is 1.76 bits per heavy atom. The molecular formula is C30H32N4O2S2. The van der Waals surface area contributed by atoms with Crippen LogP contribution in [0.1, 0.15) is 34.7 Å². The molecule has 0 radical (unpaired) electrons. The van der Waals surface area contributed by atoms with Crippen molar-refractivity contribution in [2.24, 2.45) is 0 Å². The number of aromatic nitrogens is 2. The monoisotopic (exact) mass is 544 g/mol. The van der Waals surface area contributed by atoms with E-state index in [9.17, 15) is 4.79 Å². The molecule has 0 bridgehead atoms. The number of carbonyl (C=O) groups excluding carboxylic acids is 1. The van der Waals surface area contributed by atoms with Crippen molar-refractivity contribution in [3.8, 4) is 0 Å². The summed E-state index contributed by atoms with van der Waals surface area (Å²) >= 11 is 3.37. The minimum absolute atomic E-state index is 0.0163. The summed E-state index contributed by atoms with van der Waals surface area (Å²) in [5.74, 6) is 1.16. The Labute approximate surface area is 231 Å².